The molecule has 8 heteroatoms. The van der Waals surface area contributed by atoms with Gasteiger partial charge in [-0.05, 0) is 35.0 Å². The first-order chi connectivity index (χ1) is 10.3. The molecule has 3 rings (SSSR count). The Labute approximate surface area is 145 Å². The van der Waals surface area contributed by atoms with Crippen LogP contribution < -0.4 is 0 Å². The van der Waals surface area contributed by atoms with Crippen LogP contribution in [0.25, 0.3) is 11.5 Å². The number of nitrogens with zero attached hydrogens (tertiary/aromatic N) is 2. The summed E-state index contributed by atoms with van der Waals surface area (Å²) >= 11 is 15.3. The summed E-state index contributed by atoms with van der Waals surface area (Å²) in [4.78, 5) is 12.0. The van der Waals surface area contributed by atoms with Crippen LogP contribution in [-0.2, 0) is 16.1 Å². The summed E-state index contributed by atoms with van der Waals surface area (Å²) in [5.74, 6) is 0.0800. The molecule has 1 aromatic carbocycles. The maximum atomic E-state index is 12.0. The van der Waals surface area contributed by atoms with Crippen LogP contribution in [0.15, 0.2) is 33.2 Å². The normalized spacial score (nSPS) is 22.4. The summed E-state index contributed by atoms with van der Waals surface area (Å²) in [7, 11) is 0. The molecule has 0 N–H and O–H groups in total. The van der Waals surface area contributed by atoms with E-state index in [9.17, 15) is 4.79 Å². The molecular formula is C14H11BrCl2N2O3. The second-order valence-electron chi connectivity index (χ2n) is 5.27. The highest BCUT2D eigenvalue weighted by Gasteiger charge is 2.69. The van der Waals surface area contributed by atoms with Crippen LogP contribution in [0.3, 0.4) is 0 Å². The van der Waals surface area contributed by atoms with Crippen LogP contribution in [0.5, 0.6) is 0 Å². The van der Waals surface area contributed by atoms with Gasteiger partial charge in [0.05, 0.1) is 5.56 Å². The number of carbonyl (C=O) groups excluding carboxylic acids is 1. The third kappa shape index (κ3) is 2.75. The molecule has 1 fully saturated rings. The molecule has 1 aliphatic rings. The Morgan fingerprint density at radius 1 is 1.41 bits per heavy atom. The van der Waals surface area contributed by atoms with Crippen molar-refractivity contribution in [1.29, 1.82) is 0 Å². The summed E-state index contributed by atoms with van der Waals surface area (Å²) in [6, 6.07) is 7.45. The van der Waals surface area contributed by atoms with E-state index < -0.39 is 15.7 Å². The van der Waals surface area contributed by atoms with E-state index in [0.29, 0.717) is 12.3 Å². The van der Waals surface area contributed by atoms with E-state index in [2.05, 4.69) is 26.1 Å². The lowest BCUT2D eigenvalue weighted by Crippen LogP contribution is -2.21. The van der Waals surface area contributed by atoms with Crippen molar-refractivity contribution in [3.05, 3.63) is 34.6 Å². The van der Waals surface area contributed by atoms with Crippen molar-refractivity contribution in [1.82, 2.24) is 10.2 Å². The smallest absolute Gasteiger partial charge is 0.315 e. The fourth-order valence-corrected chi connectivity index (χ4v) is 3.11. The van der Waals surface area contributed by atoms with Crippen molar-refractivity contribution in [3.63, 3.8) is 0 Å². The SMILES string of the molecule is C[C@@]1(C(=O)OCc2nnc(-c3ccccc3Br)o2)CC1(Cl)Cl. The van der Waals surface area contributed by atoms with Crippen molar-refractivity contribution in [2.24, 2.45) is 5.41 Å². The van der Waals surface area contributed by atoms with Gasteiger partial charge in [0.15, 0.2) is 6.61 Å². The summed E-state index contributed by atoms with van der Waals surface area (Å²) < 4.78 is 10.4. The van der Waals surface area contributed by atoms with E-state index in [1.807, 2.05) is 24.3 Å². The first-order valence-corrected chi connectivity index (χ1v) is 8.01. The molecule has 1 aromatic heterocycles. The van der Waals surface area contributed by atoms with Gasteiger partial charge in [-0.15, -0.1) is 33.4 Å². The Kier molecular flexibility index (Phi) is 3.95. The number of hydrogen-bond donors (Lipinski definition) is 0. The Bertz CT molecular complexity index is 734. The van der Waals surface area contributed by atoms with Gasteiger partial charge in [0.2, 0.25) is 5.89 Å². The van der Waals surface area contributed by atoms with Gasteiger partial charge in [0, 0.05) is 10.9 Å². The number of halogens is 3. The predicted octanol–water partition coefficient (Wildman–Crippen LogP) is 4.13. The second kappa shape index (κ2) is 5.51. The third-order valence-corrected chi connectivity index (χ3v) is 5.40. The maximum absolute atomic E-state index is 12.0. The van der Waals surface area contributed by atoms with Gasteiger partial charge in [0.25, 0.3) is 5.89 Å². The molecule has 0 unspecified atom stereocenters. The average molecular weight is 406 g/mol. The highest BCUT2D eigenvalue weighted by Crippen LogP contribution is 2.64. The second-order valence-corrected chi connectivity index (χ2v) is 7.61. The molecule has 0 amide bonds. The molecule has 0 radical (unpaired) electrons. The van der Waals surface area contributed by atoms with Crippen LogP contribution in [0.4, 0.5) is 0 Å². The molecule has 0 spiro atoms. The molecule has 0 bridgehead atoms. The van der Waals surface area contributed by atoms with E-state index in [1.54, 1.807) is 6.92 Å². The van der Waals surface area contributed by atoms with Crippen LogP contribution >= 0.6 is 39.1 Å². The number of carbonyl (C=O) groups is 1. The molecule has 1 saturated carbocycles. The Morgan fingerprint density at radius 2 is 2.09 bits per heavy atom. The maximum Gasteiger partial charge on any atom is 0.315 e. The molecule has 116 valence electrons. The number of aromatic nitrogens is 2. The lowest BCUT2D eigenvalue weighted by Gasteiger charge is -2.10. The Morgan fingerprint density at radius 3 is 2.73 bits per heavy atom. The molecule has 0 saturated heterocycles. The zero-order valence-corrected chi connectivity index (χ0v) is 14.6. The molecule has 22 heavy (non-hydrogen) atoms. The van der Waals surface area contributed by atoms with Crippen molar-refractivity contribution in [2.75, 3.05) is 0 Å². The molecule has 5 nitrogen and oxygen atoms in total. The Hall–Kier alpha value is -1.11. The van der Waals surface area contributed by atoms with Gasteiger partial charge in [-0.3, -0.25) is 4.79 Å². The van der Waals surface area contributed by atoms with E-state index in [0.717, 1.165) is 10.0 Å². The van der Waals surface area contributed by atoms with Crippen LogP contribution in [0.1, 0.15) is 19.2 Å². The van der Waals surface area contributed by atoms with E-state index >= 15 is 0 Å². The van der Waals surface area contributed by atoms with Crippen molar-refractivity contribution in [2.45, 2.75) is 24.3 Å². The summed E-state index contributed by atoms with van der Waals surface area (Å²) in [6.45, 7) is 1.55. The fourth-order valence-electron chi connectivity index (χ4n) is 1.96. The Balaban J connectivity index is 1.66. The lowest BCUT2D eigenvalue weighted by molar-refractivity contribution is -0.151. The van der Waals surface area contributed by atoms with E-state index in [-0.39, 0.29) is 12.5 Å². The number of esters is 1. The van der Waals surface area contributed by atoms with Gasteiger partial charge in [-0.2, -0.15) is 0 Å². The van der Waals surface area contributed by atoms with Gasteiger partial charge >= 0.3 is 5.97 Å². The van der Waals surface area contributed by atoms with E-state index in [1.165, 1.54) is 0 Å². The first-order valence-electron chi connectivity index (χ1n) is 6.46. The zero-order valence-electron chi connectivity index (χ0n) is 11.5. The topological polar surface area (TPSA) is 65.2 Å². The minimum atomic E-state index is -1.06. The van der Waals surface area contributed by atoms with Crippen molar-refractivity contribution >= 4 is 45.1 Å². The first kappa shape index (κ1) is 15.8. The largest absolute Gasteiger partial charge is 0.455 e. The summed E-state index contributed by atoms with van der Waals surface area (Å²) in [5, 5.41) is 7.81. The van der Waals surface area contributed by atoms with E-state index in [4.69, 9.17) is 32.4 Å². The summed E-state index contributed by atoms with van der Waals surface area (Å²) in [5.41, 5.74) is -0.108. The molecule has 2 aromatic rings. The fraction of sp³-hybridized carbons (Fsp3) is 0.357. The van der Waals surface area contributed by atoms with Crippen LogP contribution in [-0.4, -0.2) is 20.5 Å². The van der Waals surface area contributed by atoms with Crippen LogP contribution in [0, 0.1) is 5.41 Å². The molecular weight excluding hydrogens is 395 g/mol. The molecule has 0 aliphatic heterocycles. The minimum absolute atomic E-state index is 0.115. The highest BCUT2D eigenvalue weighted by molar-refractivity contribution is 9.10. The number of alkyl halides is 2. The molecule has 1 atom stereocenters. The molecule has 1 aliphatic carbocycles. The average Bonchev–Trinajstić information content (AvgIpc) is 2.84. The monoisotopic (exact) mass is 404 g/mol. The summed E-state index contributed by atoms with van der Waals surface area (Å²) in [6.07, 6.45) is 0.369. The zero-order chi connectivity index (χ0) is 16.0. The third-order valence-electron chi connectivity index (χ3n) is 3.61. The van der Waals surface area contributed by atoms with Gasteiger partial charge < -0.3 is 9.15 Å². The standard InChI is InChI=1S/C14H11BrCl2N2O3/c1-13(7-14(13,16)17)12(20)21-6-10-18-19-11(22-10)8-4-2-3-5-9(8)15/h2-5H,6-7H2,1H3/t13-/m0/s1. The van der Waals surface area contributed by atoms with Crippen LogP contribution in [0.2, 0.25) is 0 Å². The van der Waals surface area contributed by atoms with Gasteiger partial charge in [0.1, 0.15) is 9.75 Å². The van der Waals surface area contributed by atoms with Crippen molar-refractivity contribution < 1.29 is 13.9 Å². The lowest BCUT2D eigenvalue weighted by atomic mass is 10.1. The number of ether oxygens (including phenoxy) is 1. The quantitative estimate of drug-likeness (QED) is 0.565. The number of rotatable bonds is 4. The predicted molar refractivity (Wildman–Crippen MR) is 84.4 cm³/mol. The van der Waals surface area contributed by atoms with Crippen molar-refractivity contribution in [3.8, 4) is 11.5 Å². The highest BCUT2D eigenvalue weighted by atomic mass is 79.9. The number of benzene rings is 1. The minimum Gasteiger partial charge on any atom is -0.455 e. The molecule has 1 heterocycles. The van der Waals surface area contributed by atoms with Gasteiger partial charge in [-0.25, -0.2) is 0 Å². The van der Waals surface area contributed by atoms with Gasteiger partial charge in [-0.1, -0.05) is 12.1 Å². The number of hydrogen-bond acceptors (Lipinski definition) is 5.